The molecule has 5 nitrogen and oxygen atoms in total. The van der Waals surface area contributed by atoms with Crippen LogP contribution in [-0.4, -0.2) is 47.8 Å². The SMILES string of the molecule is CCOC1CC(O)C12CCN(C(=O)Cc1ccccc1CC#N)CC2. The molecule has 1 amide bonds. The van der Waals surface area contributed by atoms with Crippen molar-refractivity contribution < 1.29 is 14.6 Å². The summed E-state index contributed by atoms with van der Waals surface area (Å²) in [4.78, 5) is 14.6. The van der Waals surface area contributed by atoms with Crippen molar-refractivity contribution in [2.75, 3.05) is 19.7 Å². The van der Waals surface area contributed by atoms with E-state index in [1.54, 1.807) is 0 Å². The highest BCUT2D eigenvalue weighted by molar-refractivity contribution is 5.79. The smallest absolute Gasteiger partial charge is 0.227 e. The lowest BCUT2D eigenvalue weighted by Gasteiger charge is -2.56. The molecule has 1 aliphatic carbocycles. The number of aliphatic hydroxyl groups excluding tert-OH is 1. The summed E-state index contributed by atoms with van der Waals surface area (Å²) < 4.78 is 5.78. The van der Waals surface area contributed by atoms with Crippen molar-refractivity contribution in [1.29, 1.82) is 5.26 Å². The fraction of sp³-hybridized carbons (Fsp3) is 0.600. The van der Waals surface area contributed by atoms with E-state index in [1.165, 1.54) is 0 Å². The predicted octanol–water partition coefficient (Wildman–Crippen LogP) is 2.07. The van der Waals surface area contributed by atoms with Crippen LogP contribution in [0.15, 0.2) is 24.3 Å². The second-order valence-corrected chi connectivity index (χ2v) is 7.09. The lowest BCUT2D eigenvalue weighted by Crippen LogP contribution is -2.62. The molecule has 25 heavy (non-hydrogen) atoms. The number of rotatable bonds is 5. The van der Waals surface area contributed by atoms with Crippen LogP contribution in [-0.2, 0) is 22.4 Å². The molecule has 2 atom stereocenters. The molecule has 134 valence electrons. The van der Waals surface area contributed by atoms with Crippen LogP contribution < -0.4 is 0 Å². The van der Waals surface area contributed by atoms with Gasteiger partial charge in [0.1, 0.15) is 0 Å². The van der Waals surface area contributed by atoms with Crippen molar-refractivity contribution in [3.05, 3.63) is 35.4 Å². The average molecular weight is 342 g/mol. The number of ether oxygens (including phenoxy) is 1. The summed E-state index contributed by atoms with van der Waals surface area (Å²) in [6.07, 6.45) is 2.79. The van der Waals surface area contributed by atoms with E-state index in [0.29, 0.717) is 39.0 Å². The number of benzene rings is 1. The fourth-order valence-electron chi connectivity index (χ4n) is 4.25. The molecule has 2 fully saturated rings. The largest absolute Gasteiger partial charge is 0.392 e. The molecule has 2 unspecified atom stereocenters. The fourth-order valence-corrected chi connectivity index (χ4v) is 4.25. The van der Waals surface area contributed by atoms with Crippen LogP contribution in [0, 0.1) is 16.7 Å². The van der Waals surface area contributed by atoms with Gasteiger partial charge >= 0.3 is 0 Å². The van der Waals surface area contributed by atoms with Gasteiger partial charge in [0, 0.05) is 31.5 Å². The molecular weight excluding hydrogens is 316 g/mol. The van der Waals surface area contributed by atoms with Gasteiger partial charge in [0.05, 0.1) is 31.1 Å². The Bertz CT molecular complexity index is 657. The van der Waals surface area contributed by atoms with Gasteiger partial charge in [0.25, 0.3) is 0 Å². The standard InChI is InChI=1S/C20H26N2O3/c1-2-25-18-14-17(23)20(18)8-11-22(12-9-20)19(24)13-16-6-4-3-5-15(16)7-10-21/h3-6,17-18,23H,2,7-9,11-14H2,1H3. The number of carbonyl (C=O) groups excluding carboxylic acids is 1. The zero-order chi connectivity index (χ0) is 17.9. The molecule has 0 bridgehead atoms. The Kier molecular flexibility index (Phi) is 5.41. The number of piperidine rings is 1. The van der Waals surface area contributed by atoms with E-state index in [2.05, 4.69) is 6.07 Å². The molecule has 0 aromatic heterocycles. The van der Waals surface area contributed by atoms with Crippen LogP contribution in [0.1, 0.15) is 37.3 Å². The second kappa shape index (κ2) is 7.55. The predicted molar refractivity (Wildman–Crippen MR) is 93.7 cm³/mol. The minimum absolute atomic E-state index is 0.0991. The van der Waals surface area contributed by atoms with E-state index in [0.717, 1.165) is 24.0 Å². The van der Waals surface area contributed by atoms with Gasteiger partial charge in [-0.2, -0.15) is 5.26 Å². The van der Waals surface area contributed by atoms with Crippen LogP contribution in [0.2, 0.25) is 0 Å². The summed E-state index contributed by atoms with van der Waals surface area (Å²) in [6.45, 7) is 3.98. The first-order valence-corrected chi connectivity index (χ1v) is 9.12. The van der Waals surface area contributed by atoms with Gasteiger partial charge in [-0.15, -0.1) is 0 Å². The van der Waals surface area contributed by atoms with Crippen LogP contribution in [0.25, 0.3) is 0 Å². The monoisotopic (exact) mass is 342 g/mol. The molecule has 2 aliphatic rings. The first-order chi connectivity index (χ1) is 12.1. The van der Waals surface area contributed by atoms with E-state index in [1.807, 2.05) is 36.1 Å². The van der Waals surface area contributed by atoms with Crippen molar-refractivity contribution in [3.63, 3.8) is 0 Å². The molecule has 1 N–H and O–H groups in total. The van der Waals surface area contributed by atoms with Gasteiger partial charge in [0.15, 0.2) is 0 Å². The van der Waals surface area contributed by atoms with Crippen molar-refractivity contribution in [3.8, 4) is 6.07 Å². The number of amides is 1. The summed E-state index contributed by atoms with van der Waals surface area (Å²) in [6, 6.07) is 9.81. The van der Waals surface area contributed by atoms with Crippen LogP contribution in [0.3, 0.4) is 0 Å². The zero-order valence-electron chi connectivity index (χ0n) is 14.8. The molecule has 1 aromatic rings. The van der Waals surface area contributed by atoms with Gasteiger partial charge in [-0.3, -0.25) is 4.79 Å². The lowest BCUT2D eigenvalue weighted by atomic mass is 9.58. The summed E-state index contributed by atoms with van der Waals surface area (Å²) in [7, 11) is 0. The molecule has 1 saturated heterocycles. The van der Waals surface area contributed by atoms with E-state index < -0.39 is 0 Å². The Hall–Kier alpha value is -1.90. The summed E-state index contributed by atoms with van der Waals surface area (Å²) in [5.74, 6) is 0.0991. The van der Waals surface area contributed by atoms with Crippen molar-refractivity contribution >= 4 is 5.91 Å². The summed E-state index contributed by atoms with van der Waals surface area (Å²) >= 11 is 0. The molecule has 1 heterocycles. The highest BCUT2D eigenvalue weighted by Gasteiger charge is 2.56. The Morgan fingerprint density at radius 1 is 1.36 bits per heavy atom. The van der Waals surface area contributed by atoms with Gasteiger partial charge < -0.3 is 14.7 Å². The minimum atomic E-state index is -0.308. The average Bonchev–Trinajstić information content (AvgIpc) is 2.63. The normalized spacial score (nSPS) is 24.6. The zero-order valence-corrected chi connectivity index (χ0v) is 14.8. The van der Waals surface area contributed by atoms with Crippen molar-refractivity contribution in [2.45, 2.75) is 51.2 Å². The highest BCUT2D eigenvalue weighted by Crippen LogP contribution is 2.50. The molecule has 5 heteroatoms. The summed E-state index contributed by atoms with van der Waals surface area (Å²) in [5, 5.41) is 19.2. The highest BCUT2D eigenvalue weighted by atomic mass is 16.5. The number of nitriles is 1. The molecule has 1 aromatic carbocycles. The van der Waals surface area contributed by atoms with E-state index in [4.69, 9.17) is 10.00 Å². The number of likely N-dealkylation sites (tertiary alicyclic amines) is 1. The summed E-state index contributed by atoms with van der Waals surface area (Å²) in [5.41, 5.74) is 1.70. The minimum Gasteiger partial charge on any atom is -0.392 e. The van der Waals surface area contributed by atoms with Crippen LogP contribution in [0.5, 0.6) is 0 Å². The Labute approximate surface area is 149 Å². The third-order valence-electron chi connectivity index (χ3n) is 5.89. The molecule has 1 spiro atoms. The van der Waals surface area contributed by atoms with Gasteiger partial charge in [0.2, 0.25) is 5.91 Å². The first kappa shape index (κ1) is 17.9. The first-order valence-electron chi connectivity index (χ1n) is 9.12. The molecule has 0 radical (unpaired) electrons. The molecular formula is C20H26N2O3. The maximum absolute atomic E-state index is 12.7. The number of aliphatic hydroxyl groups is 1. The Morgan fingerprint density at radius 2 is 2.04 bits per heavy atom. The second-order valence-electron chi connectivity index (χ2n) is 7.09. The Morgan fingerprint density at radius 3 is 2.64 bits per heavy atom. The van der Waals surface area contributed by atoms with Gasteiger partial charge in [-0.05, 0) is 30.9 Å². The number of hydrogen-bond acceptors (Lipinski definition) is 4. The van der Waals surface area contributed by atoms with E-state index in [9.17, 15) is 9.90 Å². The quantitative estimate of drug-likeness (QED) is 0.889. The number of hydrogen-bond donors (Lipinski definition) is 1. The van der Waals surface area contributed by atoms with E-state index >= 15 is 0 Å². The van der Waals surface area contributed by atoms with Crippen molar-refractivity contribution in [2.24, 2.45) is 5.41 Å². The Balaban J connectivity index is 1.60. The van der Waals surface area contributed by atoms with E-state index in [-0.39, 0.29) is 23.5 Å². The third kappa shape index (κ3) is 3.42. The topological polar surface area (TPSA) is 73.6 Å². The van der Waals surface area contributed by atoms with Gasteiger partial charge in [-0.25, -0.2) is 0 Å². The number of carbonyl (C=O) groups is 1. The maximum atomic E-state index is 12.7. The molecule has 3 rings (SSSR count). The molecule has 1 aliphatic heterocycles. The third-order valence-corrected chi connectivity index (χ3v) is 5.89. The molecule has 1 saturated carbocycles. The van der Waals surface area contributed by atoms with Crippen LogP contribution >= 0.6 is 0 Å². The van der Waals surface area contributed by atoms with Crippen molar-refractivity contribution in [1.82, 2.24) is 4.90 Å². The maximum Gasteiger partial charge on any atom is 0.227 e. The van der Waals surface area contributed by atoms with Gasteiger partial charge in [-0.1, -0.05) is 24.3 Å². The number of nitrogens with zero attached hydrogens (tertiary/aromatic N) is 2. The van der Waals surface area contributed by atoms with Crippen LogP contribution in [0.4, 0.5) is 0 Å². The lowest BCUT2D eigenvalue weighted by molar-refractivity contribution is -0.210.